The molecule has 2 heteroatoms. The number of likely N-dealkylation sites (tertiary alicyclic amines) is 1. The van der Waals surface area contributed by atoms with Crippen LogP contribution in [0.4, 0.5) is 0 Å². The van der Waals surface area contributed by atoms with E-state index < -0.39 is 0 Å². The van der Waals surface area contributed by atoms with Gasteiger partial charge in [0, 0.05) is 19.6 Å². The van der Waals surface area contributed by atoms with Gasteiger partial charge in [-0.25, -0.2) is 0 Å². The van der Waals surface area contributed by atoms with Crippen LogP contribution in [0.3, 0.4) is 0 Å². The molecule has 2 atom stereocenters. The van der Waals surface area contributed by atoms with E-state index >= 15 is 0 Å². The van der Waals surface area contributed by atoms with E-state index in [0.29, 0.717) is 0 Å². The Morgan fingerprint density at radius 2 is 1.88 bits per heavy atom. The molecule has 0 bridgehead atoms. The third kappa shape index (κ3) is 2.38. The number of rotatable bonds is 5. The van der Waals surface area contributed by atoms with Crippen molar-refractivity contribution in [3.63, 3.8) is 0 Å². The zero-order valence-corrected chi connectivity index (χ0v) is 10.6. The van der Waals surface area contributed by atoms with E-state index in [0.717, 1.165) is 30.8 Å². The van der Waals surface area contributed by atoms with Crippen molar-refractivity contribution >= 4 is 0 Å². The fraction of sp³-hybridized carbons (Fsp3) is 0.600. The summed E-state index contributed by atoms with van der Waals surface area (Å²) in [6, 6.07) is 10.8. The molecule has 2 nitrogen and oxygen atoms in total. The Morgan fingerprint density at radius 3 is 2.53 bits per heavy atom. The Morgan fingerprint density at radius 1 is 1.18 bits per heavy atom. The van der Waals surface area contributed by atoms with Crippen LogP contribution >= 0.6 is 0 Å². The number of nitrogens with zero attached hydrogens (tertiary/aromatic N) is 1. The molecule has 2 unspecified atom stereocenters. The average molecular weight is 230 g/mol. The number of piperidine rings is 1. The van der Waals surface area contributed by atoms with Crippen molar-refractivity contribution in [3.05, 3.63) is 35.9 Å². The molecule has 1 aliphatic carbocycles. The second-order valence-electron chi connectivity index (χ2n) is 5.48. The van der Waals surface area contributed by atoms with Crippen LogP contribution in [0.25, 0.3) is 0 Å². The molecule has 0 radical (unpaired) electrons. The SMILES string of the molecule is CCNCC1C2CN(Cc3ccccc3)CC12. The van der Waals surface area contributed by atoms with Gasteiger partial charge in [-0.2, -0.15) is 0 Å². The largest absolute Gasteiger partial charge is 0.317 e. The predicted molar refractivity (Wildman–Crippen MR) is 70.7 cm³/mol. The van der Waals surface area contributed by atoms with Crippen LogP contribution < -0.4 is 5.32 Å². The molecule has 1 aromatic rings. The summed E-state index contributed by atoms with van der Waals surface area (Å²) in [7, 11) is 0. The van der Waals surface area contributed by atoms with E-state index in [9.17, 15) is 0 Å². The van der Waals surface area contributed by atoms with E-state index in [1.165, 1.54) is 25.2 Å². The molecule has 1 N–H and O–H groups in total. The highest BCUT2D eigenvalue weighted by Crippen LogP contribution is 2.51. The monoisotopic (exact) mass is 230 g/mol. The fourth-order valence-electron chi connectivity index (χ4n) is 3.32. The van der Waals surface area contributed by atoms with Gasteiger partial charge in [0.05, 0.1) is 0 Å². The Hall–Kier alpha value is -0.860. The van der Waals surface area contributed by atoms with Gasteiger partial charge >= 0.3 is 0 Å². The summed E-state index contributed by atoms with van der Waals surface area (Å²) in [4.78, 5) is 2.62. The molecular formula is C15H22N2. The van der Waals surface area contributed by atoms with Gasteiger partial charge in [-0.1, -0.05) is 37.3 Å². The van der Waals surface area contributed by atoms with Crippen LogP contribution in [-0.4, -0.2) is 31.1 Å². The second kappa shape index (κ2) is 4.79. The topological polar surface area (TPSA) is 15.3 Å². The van der Waals surface area contributed by atoms with Crippen molar-refractivity contribution in [1.29, 1.82) is 0 Å². The van der Waals surface area contributed by atoms with Gasteiger partial charge in [0.15, 0.2) is 0 Å². The molecule has 1 aromatic carbocycles. The van der Waals surface area contributed by atoms with Crippen molar-refractivity contribution in [1.82, 2.24) is 10.2 Å². The summed E-state index contributed by atoms with van der Waals surface area (Å²) in [5.41, 5.74) is 1.46. The first-order valence-electron chi connectivity index (χ1n) is 6.85. The van der Waals surface area contributed by atoms with Crippen LogP contribution in [0.15, 0.2) is 30.3 Å². The first kappa shape index (κ1) is 11.2. The second-order valence-corrected chi connectivity index (χ2v) is 5.48. The maximum atomic E-state index is 3.48. The van der Waals surface area contributed by atoms with E-state index in [1.54, 1.807) is 0 Å². The fourth-order valence-corrected chi connectivity index (χ4v) is 3.32. The molecule has 2 aliphatic rings. The van der Waals surface area contributed by atoms with Crippen LogP contribution in [0.5, 0.6) is 0 Å². The zero-order chi connectivity index (χ0) is 11.7. The lowest BCUT2D eigenvalue weighted by atomic mass is 10.2. The van der Waals surface area contributed by atoms with Gasteiger partial charge in [-0.15, -0.1) is 0 Å². The molecular weight excluding hydrogens is 208 g/mol. The molecule has 1 saturated heterocycles. The molecule has 2 fully saturated rings. The number of benzene rings is 1. The molecule has 0 spiro atoms. The Labute approximate surface area is 104 Å². The van der Waals surface area contributed by atoms with E-state index in [2.05, 4.69) is 47.5 Å². The maximum absolute atomic E-state index is 3.48. The van der Waals surface area contributed by atoms with Crippen molar-refractivity contribution in [2.75, 3.05) is 26.2 Å². The number of fused-ring (bicyclic) bond motifs is 1. The summed E-state index contributed by atoms with van der Waals surface area (Å²) in [6.45, 7) is 8.32. The minimum absolute atomic E-state index is 0.974. The molecule has 1 saturated carbocycles. The van der Waals surface area contributed by atoms with Crippen molar-refractivity contribution in [2.45, 2.75) is 13.5 Å². The van der Waals surface area contributed by atoms with Gasteiger partial charge in [0.25, 0.3) is 0 Å². The third-order valence-corrected chi connectivity index (χ3v) is 4.33. The Kier molecular flexibility index (Phi) is 3.17. The normalized spacial score (nSPS) is 31.5. The quantitative estimate of drug-likeness (QED) is 0.832. The Balaban J connectivity index is 1.46. The van der Waals surface area contributed by atoms with E-state index in [-0.39, 0.29) is 0 Å². The summed E-state index contributed by atoms with van der Waals surface area (Å²) in [6.07, 6.45) is 0. The standard InChI is InChI=1S/C15H22N2/c1-2-16-8-13-14-10-17(11-15(13)14)9-12-6-4-3-5-7-12/h3-7,13-16H,2,8-11H2,1H3. The van der Waals surface area contributed by atoms with Gasteiger partial charge in [-0.3, -0.25) is 4.90 Å². The Bertz CT molecular complexity index is 350. The number of hydrogen-bond donors (Lipinski definition) is 1. The van der Waals surface area contributed by atoms with E-state index in [4.69, 9.17) is 0 Å². The summed E-state index contributed by atoms with van der Waals surface area (Å²) >= 11 is 0. The molecule has 17 heavy (non-hydrogen) atoms. The average Bonchev–Trinajstić information content (AvgIpc) is 2.81. The van der Waals surface area contributed by atoms with Crippen LogP contribution in [-0.2, 0) is 6.54 Å². The highest BCUT2D eigenvalue weighted by Gasteiger charge is 2.54. The smallest absolute Gasteiger partial charge is 0.0233 e. The summed E-state index contributed by atoms with van der Waals surface area (Å²) < 4.78 is 0. The molecule has 1 aliphatic heterocycles. The van der Waals surface area contributed by atoms with E-state index in [1.807, 2.05) is 0 Å². The van der Waals surface area contributed by atoms with Gasteiger partial charge in [0.2, 0.25) is 0 Å². The van der Waals surface area contributed by atoms with Gasteiger partial charge < -0.3 is 5.32 Å². The van der Waals surface area contributed by atoms with Crippen LogP contribution in [0.2, 0.25) is 0 Å². The molecule has 1 heterocycles. The van der Waals surface area contributed by atoms with Crippen molar-refractivity contribution < 1.29 is 0 Å². The minimum atomic E-state index is 0.974. The highest BCUT2D eigenvalue weighted by molar-refractivity contribution is 5.16. The first-order chi connectivity index (χ1) is 8.38. The van der Waals surface area contributed by atoms with Crippen molar-refractivity contribution in [3.8, 4) is 0 Å². The molecule has 0 aromatic heterocycles. The summed E-state index contributed by atoms with van der Waals surface area (Å²) in [5.74, 6) is 2.94. The van der Waals surface area contributed by atoms with Gasteiger partial charge in [-0.05, 0) is 36.4 Å². The maximum Gasteiger partial charge on any atom is 0.0233 e. The zero-order valence-electron chi connectivity index (χ0n) is 10.6. The lowest BCUT2D eigenvalue weighted by molar-refractivity contribution is 0.276. The molecule has 92 valence electrons. The molecule has 0 amide bonds. The van der Waals surface area contributed by atoms with Crippen LogP contribution in [0, 0.1) is 17.8 Å². The third-order valence-electron chi connectivity index (χ3n) is 4.33. The van der Waals surface area contributed by atoms with Crippen LogP contribution in [0.1, 0.15) is 12.5 Å². The van der Waals surface area contributed by atoms with Crippen molar-refractivity contribution in [2.24, 2.45) is 17.8 Å². The molecule has 3 rings (SSSR count). The summed E-state index contributed by atoms with van der Waals surface area (Å²) in [5, 5.41) is 3.48. The minimum Gasteiger partial charge on any atom is -0.317 e. The predicted octanol–water partition coefficient (Wildman–Crippen LogP) is 1.97. The lowest BCUT2D eigenvalue weighted by Crippen LogP contribution is -2.27. The first-order valence-corrected chi connectivity index (χ1v) is 6.85. The number of nitrogens with one attached hydrogen (secondary N) is 1. The lowest BCUT2D eigenvalue weighted by Gasteiger charge is -2.19. The highest BCUT2D eigenvalue weighted by atomic mass is 15.2. The van der Waals surface area contributed by atoms with Gasteiger partial charge in [0.1, 0.15) is 0 Å². The number of hydrogen-bond acceptors (Lipinski definition) is 2.